The Hall–Kier alpha value is -2.08. The maximum atomic E-state index is 11.9. The summed E-state index contributed by atoms with van der Waals surface area (Å²) in [6.07, 6.45) is -1.09. The van der Waals surface area contributed by atoms with Crippen LogP contribution in [0.3, 0.4) is 0 Å². The zero-order valence-corrected chi connectivity index (χ0v) is 10.4. The Labute approximate surface area is 111 Å². The molecule has 102 valence electrons. The van der Waals surface area contributed by atoms with Gasteiger partial charge in [-0.25, -0.2) is 9.59 Å². The van der Waals surface area contributed by atoms with E-state index in [0.29, 0.717) is 19.6 Å². The lowest BCUT2D eigenvalue weighted by molar-refractivity contribution is -0.151. The Balaban J connectivity index is 1.93. The number of hydrogen-bond donors (Lipinski definition) is 2. The highest BCUT2D eigenvalue weighted by atomic mass is 16.5. The molecule has 1 aromatic rings. The minimum atomic E-state index is -1.09. The summed E-state index contributed by atoms with van der Waals surface area (Å²) in [5, 5.41) is 12.0. The Morgan fingerprint density at radius 3 is 2.79 bits per heavy atom. The predicted octanol–water partition coefficient (Wildman–Crippen LogP) is 0.682. The summed E-state index contributed by atoms with van der Waals surface area (Å²) in [7, 11) is 0. The molecule has 1 aromatic carbocycles. The van der Waals surface area contributed by atoms with Gasteiger partial charge in [-0.3, -0.25) is 4.90 Å². The number of amides is 1. The van der Waals surface area contributed by atoms with E-state index in [1.165, 1.54) is 0 Å². The van der Waals surface area contributed by atoms with Crippen molar-refractivity contribution in [1.29, 1.82) is 0 Å². The van der Waals surface area contributed by atoms with E-state index in [-0.39, 0.29) is 6.61 Å². The second kappa shape index (κ2) is 6.19. The molecule has 0 bridgehead atoms. The van der Waals surface area contributed by atoms with Crippen molar-refractivity contribution in [2.45, 2.75) is 12.6 Å². The van der Waals surface area contributed by atoms with Crippen LogP contribution in [0.2, 0.25) is 0 Å². The van der Waals surface area contributed by atoms with Crippen LogP contribution < -0.4 is 5.32 Å². The van der Waals surface area contributed by atoms with E-state index in [1.807, 2.05) is 30.3 Å². The summed E-state index contributed by atoms with van der Waals surface area (Å²) in [4.78, 5) is 24.1. The smallest absolute Gasteiger partial charge is 0.408 e. The van der Waals surface area contributed by atoms with E-state index in [2.05, 4.69) is 5.32 Å². The fraction of sp³-hybridized carbons (Fsp3) is 0.385. The largest absolute Gasteiger partial charge is 0.465 e. The molecule has 0 aliphatic carbocycles. The van der Waals surface area contributed by atoms with E-state index in [0.717, 1.165) is 10.5 Å². The van der Waals surface area contributed by atoms with Crippen molar-refractivity contribution in [2.75, 3.05) is 19.6 Å². The summed E-state index contributed by atoms with van der Waals surface area (Å²) in [5.74, 6) is -0.515. The van der Waals surface area contributed by atoms with Gasteiger partial charge in [0.05, 0.1) is 0 Å². The Morgan fingerprint density at radius 2 is 2.11 bits per heavy atom. The molecule has 2 N–H and O–H groups in total. The lowest BCUT2D eigenvalue weighted by Gasteiger charge is -2.32. The van der Waals surface area contributed by atoms with Crippen LogP contribution in [-0.4, -0.2) is 47.7 Å². The maximum absolute atomic E-state index is 11.9. The first-order valence-electron chi connectivity index (χ1n) is 6.09. The van der Waals surface area contributed by atoms with Gasteiger partial charge in [-0.05, 0) is 5.56 Å². The third-order valence-electron chi connectivity index (χ3n) is 2.99. The van der Waals surface area contributed by atoms with Crippen molar-refractivity contribution >= 4 is 12.1 Å². The number of carboxylic acid groups (broad SMARTS) is 1. The van der Waals surface area contributed by atoms with E-state index < -0.39 is 18.1 Å². The van der Waals surface area contributed by atoms with Crippen LogP contribution in [0.4, 0.5) is 4.79 Å². The standard InChI is InChI=1S/C13H16N2O4/c16-12(19-9-10-4-2-1-3-5-10)11-8-14-6-7-15(11)13(17)18/h1-5,11,14H,6-9H2,(H,17,18)/t11-/m0/s1. The van der Waals surface area contributed by atoms with E-state index in [1.54, 1.807) is 0 Å². The van der Waals surface area contributed by atoms with Gasteiger partial charge in [-0.1, -0.05) is 30.3 Å². The quantitative estimate of drug-likeness (QED) is 0.785. The molecule has 0 radical (unpaired) electrons. The average Bonchev–Trinajstić information content (AvgIpc) is 2.46. The highest BCUT2D eigenvalue weighted by Gasteiger charge is 2.33. The normalized spacial score (nSPS) is 18.9. The van der Waals surface area contributed by atoms with Crippen LogP contribution >= 0.6 is 0 Å². The number of piperazine rings is 1. The number of nitrogens with one attached hydrogen (secondary N) is 1. The lowest BCUT2D eigenvalue weighted by Crippen LogP contribution is -2.57. The molecule has 1 aliphatic heterocycles. The van der Waals surface area contributed by atoms with Gasteiger partial charge < -0.3 is 15.2 Å². The second-order valence-corrected chi connectivity index (χ2v) is 4.29. The Kier molecular flexibility index (Phi) is 4.35. The molecule has 0 unspecified atom stereocenters. The molecule has 1 atom stereocenters. The molecule has 0 saturated carbocycles. The predicted molar refractivity (Wildman–Crippen MR) is 67.6 cm³/mol. The molecule has 2 rings (SSSR count). The van der Waals surface area contributed by atoms with Crippen molar-refractivity contribution < 1.29 is 19.4 Å². The summed E-state index contributed by atoms with van der Waals surface area (Å²) >= 11 is 0. The minimum absolute atomic E-state index is 0.156. The number of esters is 1. The number of hydrogen-bond acceptors (Lipinski definition) is 4. The summed E-state index contributed by atoms with van der Waals surface area (Å²) in [6.45, 7) is 1.29. The van der Waals surface area contributed by atoms with Crippen LogP contribution in [0.15, 0.2) is 30.3 Å². The molecule has 0 aromatic heterocycles. The zero-order chi connectivity index (χ0) is 13.7. The second-order valence-electron chi connectivity index (χ2n) is 4.29. The highest BCUT2D eigenvalue weighted by Crippen LogP contribution is 2.08. The number of nitrogens with zero attached hydrogens (tertiary/aromatic N) is 1. The SMILES string of the molecule is O=C(OCc1ccccc1)[C@@H]1CNCCN1C(=O)O. The first-order valence-corrected chi connectivity index (χ1v) is 6.09. The fourth-order valence-electron chi connectivity index (χ4n) is 1.97. The number of rotatable bonds is 3. The van der Waals surface area contributed by atoms with Crippen LogP contribution in [0.5, 0.6) is 0 Å². The number of carbonyl (C=O) groups excluding carboxylic acids is 1. The maximum Gasteiger partial charge on any atom is 0.408 e. The highest BCUT2D eigenvalue weighted by molar-refractivity contribution is 5.81. The summed E-state index contributed by atoms with van der Waals surface area (Å²) in [5.41, 5.74) is 0.876. The van der Waals surface area contributed by atoms with Gasteiger partial charge in [0, 0.05) is 19.6 Å². The summed E-state index contributed by atoms with van der Waals surface area (Å²) < 4.78 is 5.16. The molecule has 1 saturated heterocycles. The molecule has 1 amide bonds. The van der Waals surface area contributed by atoms with Crippen molar-refractivity contribution in [2.24, 2.45) is 0 Å². The van der Waals surface area contributed by atoms with Crippen molar-refractivity contribution in [1.82, 2.24) is 10.2 Å². The fourth-order valence-corrected chi connectivity index (χ4v) is 1.97. The van der Waals surface area contributed by atoms with Gasteiger partial charge in [0.15, 0.2) is 0 Å². The third-order valence-corrected chi connectivity index (χ3v) is 2.99. The lowest BCUT2D eigenvalue weighted by atomic mass is 10.2. The molecular formula is C13H16N2O4. The van der Waals surface area contributed by atoms with Crippen LogP contribution in [-0.2, 0) is 16.1 Å². The Morgan fingerprint density at radius 1 is 1.37 bits per heavy atom. The number of benzene rings is 1. The van der Waals surface area contributed by atoms with Crippen LogP contribution in [0.1, 0.15) is 5.56 Å². The average molecular weight is 264 g/mol. The van der Waals surface area contributed by atoms with Crippen molar-refractivity contribution in [3.8, 4) is 0 Å². The third kappa shape index (κ3) is 3.45. The molecule has 19 heavy (non-hydrogen) atoms. The summed E-state index contributed by atoms with van der Waals surface area (Å²) in [6, 6.07) is 8.52. The van der Waals surface area contributed by atoms with Gasteiger partial charge in [-0.2, -0.15) is 0 Å². The molecule has 0 spiro atoms. The van der Waals surface area contributed by atoms with E-state index >= 15 is 0 Å². The van der Waals surface area contributed by atoms with Crippen molar-refractivity contribution in [3.05, 3.63) is 35.9 Å². The first kappa shape index (κ1) is 13.4. The molecule has 6 nitrogen and oxygen atoms in total. The molecule has 6 heteroatoms. The monoisotopic (exact) mass is 264 g/mol. The van der Waals surface area contributed by atoms with Crippen LogP contribution in [0.25, 0.3) is 0 Å². The van der Waals surface area contributed by atoms with E-state index in [9.17, 15) is 9.59 Å². The van der Waals surface area contributed by atoms with Gasteiger partial charge >= 0.3 is 12.1 Å². The van der Waals surface area contributed by atoms with Gasteiger partial charge in [0.25, 0.3) is 0 Å². The number of ether oxygens (including phenoxy) is 1. The first-order chi connectivity index (χ1) is 9.18. The van der Waals surface area contributed by atoms with Gasteiger partial charge in [-0.15, -0.1) is 0 Å². The zero-order valence-electron chi connectivity index (χ0n) is 10.4. The van der Waals surface area contributed by atoms with Gasteiger partial charge in [0.2, 0.25) is 0 Å². The number of carbonyl (C=O) groups is 2. The molecule has 1 heterocycles. The minimum Gasteiger partial charge on any atom is -0.465 e. The van der Waals surface area contributed by atoms with Gasteiger partial charge in [0.1, 0.15) is 12.6 Å². The molecule has 1 fully saturated rings. The molecular weight excluding hydrogens is 248 g/mol. The van der Waals surface area contributed by atoms with Crippen LogP contribution in [0, 0.1) is 0 Å². The van der Waals surface area contributed by atoms with Crippen molar-refractivity contribution in [3.63, 3.8) is 0 Å². The topological polar surface area (TPSA) is 78.9 Å². The molecule has 1 aliphatic rings. The van der Waals surface area contributed by atoms with E-state index in [4.69, 9.17) is 9.84 Å². The Bertz CT molecular complexity index is 449.